The molecule has 31 heavy (non-hydrogen) atoms. The minimum atomic E-state index is -0.512. The number of hydrogen-bond donors (Lipinski definition) is 2. The molecule has 0 radical (unpaired) electrons. The van der Waals surface area contributed by atoms with Crippen LogP contribution in [-0.4, -0.2) is 50.6 Å². The van der Waals surface area contributed by atoms with Crippen molar-refractivity contribution in [3.05, 3.63) is 48.3 Å². The van der Waals surface area contributed by atoms with E-state index in [1.165, 1.54) is 11.0 Å². The van der Waals surface area contributed by atoms with Crippen LogP contribution in [-0.2, 0) is 9.47 Å². The molecule has 8 nitrogen and oxygen atoms in total. The summed E-state index contributed by atoms with van der Waals surface area (Å²) in [7, 11) is 0. The van der Waals surface area contributed by atoms with Crippen molar-refractivity contribution in [3.8, 4) is 0 Å². The van der Waals surface area contributed by atoms with Crippen molar-refractivity contribution in [2.75, 3.05) is 46.7 Å². The maximum absolute atomic E-state index is 14.7. The Morgan fingerprint density at radius 1 is 1.06 bits per heavy atom. The highest BCUT2D eigenvalue weighted by atomic mass is 19.1. The van der Waals surface area contributed by atoms with Crippen molar-refractivity contribution in [2.24, 2.45) is 0 Å². The third-order valence-electron chi connectivity index (χ3n) is 5.14. The zero-order valence-electron chi connectivity index (χ0n) is 17.4. The third kappa shape index (κ3) is 4.88. The lowest BCUT2D eigenvalue weighted by Gasteiger charge is -2.37. The molecule has 9 heteroatoms. The van der Waals surface area contributed by atoms with Gasteiger partial charge in [0.05, 0.1) is 24.4 Å². The van der Waals surface area contributed by atoms with E-state index in [1.807, 2.05) is 18.7 Å². The summed E-state index contributed by atoms with van der Waals surface area (Å²) < 4.78 is 25.4. The smallest absolute Gasteiger partial charge is 0.414 e. The minimum Gasteiger partial charge on any atom is -0.447 e. The molecule has 164 valence electrons. The van der Waals surface area contributed by atoms with Gasteiger partial charge in [-0.25, -0.2) is 14.0 Å². The molecule has 2 aliphatic rings. The number of carbonyl (C=O) groups is 2. The van der Waals surface area contributed by atoms with Gasteiger partial charge in [0.25, 0.3) is 0 Å². The first-order chi connectivity index (χ1) is 14.9. The van der Waals surface area contributed by atoms with Crippen molar-refractivity contribution in [2.45, 2.75) is 26.1 Å². The number of anilines is 4. The van der Waals surface area contributed by atoms with Crippen molar-refractivity contribution in [3.63, 3.8) is 0 Å². The lowest BCUT2D eigenvalue weighted by Crippen LogP contribution is -2.45. The number of ether oxygens (including phenoxy) is 2. The second-order valence-corrected chi connectivity index (χ2v) is 7.72. The Labute approximate surface area is 179 Å². The third-order valence-corrected chi connectivity index (χ3v) is 5.14. The van der Waals surface area contributed by atoms with E-state index in [-0.39, 0.29) is 12.2 Å². The molecular formula is C22H25FN4O4. The van der Waals surface area contributed by atoms with Crippen LogP contribution in [0.1, 0.15) is 13.8 Å². The molecule has 2 aromatic rings. The van der Waals surface area contributed by atoms with E-state index >= 15 is 0 Å². The predicted molar refractivity (Wildman–Crippen MR) is 116 cm³/mol. The standard InChI is InChI=1S/C22H25FN4O4/c1-14-12-26(13-15(2)31-14)20-7-6-17(11-19(20)23)25-21(28)24-16-4-3-5-18(10-16)27-8-9-30-22(27)29/h3-7,10-11,14-15H,8-9,12-13H2,1-2H3,(H2,24,25,28). The average molecular weight is 428 g/mol. The van der Waals surface area contributed by atoms with Gasteiger partial charge in [-0.15, -0.1) is 0 Å². The summed E-state index contributed by atoms with van der Waals surface area (Å²) in [5.41, 5.74) is 1.96. The van der Waals surface area contributed by atoms with E-state index < -0.39 is 17.9 Å². The van der Waals surface area contributed by atoms with Crippen LogP contribution >= 0.6 is 0 Å². The Hall–Kier alpha value is -3.33. The van der Waals surface area contributed by atoms with Crippen LogP contribution in [0.25, 0.3) is 0 Å². The number of urea groups is 1. The van der Waals surface area contributed by atoms with Gasteiger partial charge in [-0.3, -0.25) is 4.90 Å². The maximum atomic E-state index is 14.7. The molecule has 3 amide bonds. The quantitative estimate of drug-likeness (QED) is 0.768. The summed E-state index contributed by atoms with van der Waals surface area (Å²) in [5, 5.41) is 5.34. The summed E-state index contributed by atoms with van der Waals surface area (Å²) >= 11 is 0. The first-order valence-corrected chi connectivity index (χ1v) is 10.2. The van der Waals surface area contributed by atoms with Crippen molar-refractivity contribution in [1.29, 1.82) is 0 Å². The number of carbonyl (C=O) groups excluding carboxylic acids is 2. The Bertz CT molecular complexity index is 976. The first-order valence-electron chi connectivity index (χ1n) is 10.2. The fraction of sp³-hybridized carbons (Fsp3) is 0.364. The number of nitrogens with one attached hydrogen (secondary N) is 2. The number of rotatable bonds is 4. The van der Waals surface area contributed by atoms with Crippen LogP contribution in [0, 0.1) is 5.82 Å². The zero-order valence-corrected chi connectivity index (χ0v) is 17.4. The van der Waals surface area contributed by atoms with E-state index in [0.29, 0.717) is 49.0 Å². The van der Waals surface area contributed by atoms with E-state index in [0.717, 1.165) is 0 Å². The molecule has 2 saturated heterocycles. The van der Waals surface area contributed by atoms with Crippen LogP contribution in [0.5, 0.6) is 0 Å². The van der Waals surface area contributed by atoms with E-state index in [9.17, 15) is 14.0 Å². The van der Waals surface area contributed by atoms with Gasteiger partial charge in [-0.1, -0.05) is 6.07 Å². The molecule has 2 N–H and O–H groups in total. The Morgan fingerprint density at radius 3 is 2.42 bits per heavy atom. The number of morpholine rings is 1. The lowest BCUT2D eigenvalue weighted by atomic mass is 10.2. The molecule has 0 bridgehead atoms. The Kier molecular flexibility index (Phi) is 5.94. The van der Waals surface area contributed by atoms with Gasteiger partial charge in [0.2, 0.25) is 0 Å². The molecule has 4 rings (SSSR count). The molecule has 0 spiro atoms. The van der Waals surface area contributed by atoms with Crippen molar-refractivity contribution >= 4 is 34.9 Å². The molecule has 0 aliphatic carbocycles. The summed E-state index contributed by atoms with van der Waals surface area (Å²) in [5.74, 6) is -0.409. The molecule has 2 fully saturated rings. The van der Waals surface area contributed by atoms with Crippen LogP contribution in [0.4, 0.5) is 36.7 Å². The van der Waals surface area contributed by atoms with Crippen LogP contribution in [0.3, 0.4) is 0 Å². The number of hydrogen-bond acceptors (Lipinski definition) is 5. The highest BCUT2D eigenvalue weighted by Gasteiger charge is 2.25. The summed E-state index contributed by atoms with van der Waals surface area (Å²) in [6.07, 6.45) is -0.379. The summed E-state index contributed by atoms with van der Waals surface area (Å²) in [4.78, 5) is 27.5. The fourth-order valence-electron chi connectivity index (χ4n) is 3.89. The molecule has 2 aromatic carbocycles. The highest BCUT2D eigenvalue weighted by molar-refractivity contribution is 6.00. The van der Waals surface area contributed by atoms with E-state index in [2.05, 4.69) is 10.6 Å². The van der Waals surface area contributed by atoms with E-state index in [1.54, 1.807) is 36.4 Å². The Balaban J connectivity index is 1.40. The normalized spacial score (nSPS) is 21.1. The molecule has 2 unspecified atom stereocenters. The van der Waals surface area contributed by atoms with Gasteiger partial charge < -0.3 is 25.0 Å². The second-order valence-electron chi connectivity index (χ2n) is 7.72. The van der Waals surface area contributed by atoms with Gasteiger partial charge in [0.1, 0.15) is 12.4 Å². The number of nitrogens with zero attached hydrogens (tertiary/aromatic N) is 2. The van der Waals surface area contributed by atoms with Gasteiger partial charge in [-0.2, -0.15) is 0 Å². The topological polar surface area (TPSA) is 83.1 Å². The molecule has 0 saturated carbocycles. The average Bonchev–Trinajstić information content (AvgIpc) is 3.13. The Morgan fingerprint density at radius 2 is 1.77 bits per heavy atom. The summed E-state index contributed by atoms with van der Waals surface area (Å²) in [6, 6.07) is 11.0. The molecule has 0 aromatic heterocycles. The molecule has 2 heterocycles. The molecule has 2 atom stereocenters. The van der Waals surface area contributed by atoms with Crippen LogP contribution < -0.4 is 20.4 Å². The SMILES string of the molecule is CC1CN(c2ccc(NC(=O)Nc3cccc(N4CCOC4=O)c3)cc2F)CC(C)O1. The van der Waals surface area contributed by atoms with Crippen LogP contribution in [0.2, 0.25) is 0 Å². The maximum Gasteiger partial charge on any atom is 0.414 e. The number of amides is 3. The molecular weight excluding hydrogens is 403 g/mol. The second kappa shape index (κ2) is 8.81. The first kappa shape index (κ1) is 20.9. The zero-order chi connectivity index (χ0) is 22.0. The van der Waals surface area contributed by atoms with Gasteiger partial charge >= 0.3 is 12.1 Å². The molecule has 2 aliphatic heterocycles. The summed E-state index contributed by atoms with van der Waals surface area (Å²) in [6.45, 7) is 5.93. The lowest BCUT2D eigenvalue weighted by molar-refractivity contribution is -0.00539. The largest absolute Gasteiger partial charge is 0.447 e. The van der Waals surface area contributed by atoms with Gasteiger partial charge in [0.15, 0.2) is 0 Å². The van der Waals surface area contributed by atoms with Crippen LogP contribution in [0.15, 0.2) is 42.5 Å². The number of halogens is 1. The number of benzene rings is 2. The monoisotopic (exact) mass is 428 g/mol. The fourth-order valence-corrected chi connectivity index (χ4v) is 3.89. The highest BCUT2D eigenvalue weighted by Crippen LogP contribution is 2.27. The van der Waals surface area contributed by atoms with Crippen molar-refractivity contribution in [1.82, 2.24) is 0 Å². The van der Waals surface area contributed by atoms with E-state index in [4.69, 9.17) is 9.47 Å². The predicted octanol–water partition coefficient (Wildman–Crippen LogP) is 4.04. The minimum absolute atomic E-state index is 0.0184. The van der Waals surface area contributed by atoms with Gasteiger partial charge in [0, 0.05) is 30.2 Å². The van der Waals surface area contributed by atoms with Crippen molar-refractivity contribution < 1.29 is 23.5 Å². The van der Waals surface area contributed by atoms with Gasteiger partial charge in [-0.05, 0) is 50.2 Å². The number of cyclic esters (lactones) is 1.